The first kappa shape index (κ1) is 16.6. The molecule has 1 saturated heterocycles. The highest BCUT2D eigenvalue weighted by molar-refractivity contribution is 5.93. The summed E-state index contributed by atoms with van der Waals surface area (Å²) >= 11 is 0. The van der Waals surface area contributed by atoms with Crippen LogP contribution in [0.5, 0.6) is 5.75 Å². The number of hydrogen-bond donors (Lipinski definition) is 0. The van der Waals surface area contributed by atoms with E-state index < -0.39 is 0 Å². The van der Waals surface area contributed by atoms with Crippen LogP contribution in [-0.4, -0.2) is 53.6 Å². The molecule has 0 N–H and O–H groups in total. The van der Waals surface area contributed by atoms with Crippen molar-refractivity contribution in [1.82, 2.24) is 14.4 Å². The summed E-state index contributed by atoms with van der Waals surface area (Å²) in [6.07, 6.45) is 0. The molecule has 1 aliphatic rings. The topological polar surface area (TPSA) is 37.7 Å². The van der Waals surface area contributed by atoms with E-state index in [2.05, 4.69) is 17.0 Å². The number of ether oxygens (including phenoxy) is 1. The highest BCUT2D eigenvalue weighted by Crippen LogP contribution is 2.15. The van der Waals surface area contributed by atoms with E-state index in [0.29, 0.717) is 0 Å². The molecule has 128 valence electrons. The fraction of sp³-hybridized carbons (Fsp3) is 0.421. The molecule has 24 heavy (non-hydrogen) atoms. The van der Waals surface area contributed by atoms with Gasteiger partial charge in [0.25, 0.3) is 5.91 Å². The summed E-state index contributed by atoms with van der Waals surface area (Å²) in [7, 11) is 3.63. The largest absolute Gasteiger partial charge is 0.497 e. The van der Waals surface area contributed by atoms with Crippen molar-refractivity contribution in [1.29, 1.82) is 0 Å². The summed E-state index contributed by atoms with van der Waals surface area (Å²) in [5.41, 5.74) is 3.15. The van der Waals surface area contributed by atoms with Crippen molar-refractivity contribution in [2.45, 2.75) is 13.5 Å². The molecule has 1 fully saturated rings. The van der Waals surface area contributed by atoms with Crippen molar-refractivity contribution in [3.05, 3.63) is 53.3 Å². The first-order chi connectivity index (χ1) is 11.6. The summed E-state index contributed by atoms with van der Waals surface area (Å²) in [4.78, 5) is 17.0. The van der Waals surface area contributed by atoms with Gasteiger partial charge in [-0.2, -0.15) is 0 Å². The molecule has 3 rings (SSSR count). The number of benzene rings is 1. The number of carbonyl (C=O) groups excluding carboxylic acids is 1. The van der Waals surface area contributed by atoms with E-state index in [-0.39, 0.29) is 5.91 Å². The summed E-state index contributed by atoms with van der Waals surface area (Å²) in [6, 6.07) is 12.1. The minimum Gasteiger partial charge on any atom is -0.497 e. The maximum Gasteiger partial charge on any atom is 0.270 e. The van der Waals surface area contributed by atoms with E-state index in [1.807, 2.05) is 47.7 Å². The molecule has 2 aromatic rings. The zero-order valence-electron chi connectivity index (χ0n) is 14.7. The molecule has 5 nitrogen and oxygen atoms in total. The molecule has 0 radical (unpaired) electrons. The normalized spacial score (nSPS) is 15.5. The van der Waals surface area contributed by atoms with Gasteiger partial charge in [-0.05, 0) is 36.8 Å². The minimum atomic E-state index is 0.134. The monoisotopic (exact) mass is 327 g/mol. The second kappa shape index (κ2) is 7.09. The molecule has 0 spiro atoms. The van der Waals surface area contributed by atoms with Crippen LogP contribution < -0.4 is 4.74 Å². The second-order valence-electron chi connectivity index (χ2n) is 6.34. The standard InChI is InChI=1S/C19H25N3O2/c1-15-4-9-18(20(15)2)19(23)22-12-10-21(11-13-22)14-16-5-7-17(24-3)8-6-16/h4-9H,10-14H2,1-3H3. The van der Waals surface area contributed by atoms with Crippen molar-refractivity contribution in [3.8, 4) is 5.75 Å². The van der Waals surface area contributed by atoms with Gasteiger partial charge in [0.1, 0.15) is 11.4 Å². The Kier molecular flexibility index (Phi) is 4.90. The Labute approximate surface area is 143 Å². The smallest absolute Gasteiger partial charge is 0.270 e. The second-order valence-corrected chi connectivity index (χ2v) is 6.34. The Hall–Kier alpha value is -2.27. The number of aryl methyl sites for hydroxylation is 1. The van der Waals surface area contributed by atoms with E-state index in [4.69, 9.17) is 4.74 Å². The predicted octanol–water partition coefficient (Wildman–Crippen LogP) is 2.30. The molecule has 5 heteroatoms. The number of amides is 1. The molecule has 0 unspecified atom stereocenters. The van der Waals surface area contributed by atoms with Gasteiger partial charge in [-0.15, -0.1) is 0 Å². The fourth-order valence-electron chi connectivity index (χ4n) is 3.09. The highest BCUT2D eigenvalue weighted by Gasteiger charge is 2.23. The Bertz CT molecular complexity index is 698. The van der Waals surface area contributed by atoms with Crippen LogP contribution in [0.25, 0.3) is 0 Å². The molecular formula is C19H25N3O2. The third-order valence-corrected chi connectivity index (χ3v) is 4.82. The van der Waals surface area contributed by atoms with Crippen LogP contribution >= 0.6 is 0 Å². The molecular weight excluding hydrogens is 302 g/mol. The minimum absolute atomic E-state index is 0.134. The number of aromatic nitrogens is 1. The number of nitrogens with zero attached hydrogens (tertiary/aromatic N) is 3. The van der Waals surface area contributed by atoms with Gasteiger partial charge >= 0.3 is 0 Å². The van der Waals surface area contributed by atoms with Crippen LogP contribution in [0.4, 0.5) is 0 Å². The number of hydrogen-bond acceptors (Lipinski definition) is 3. The van der Waals surface area contributed by atoms with Gasteiger partial charge in [-0.25, -0.2) is 0 Å². The van der Waals surface area contributed by atoms with Gasteiger partial charge in [-0.1, -0.05) is 12.1 Å². The quantitative estimate of drug-likeness (QED) is 0.865. The van der Waals surface area contributed by atoms with Crippen LogP contribution in [0, 0.1) is 6.92 Å². The highest BCUT2D eigenvalue weighted by atomic mass is 16.5. The molecule has 0 bridgehead atoms. The Balaban J connectivity index is 1.55. The lowest BCUT2D eigenvalue weighted by atomic mass is 10.2. The predicted molar refractivity (Wildman–Crippen MR) is 94.3 cm³/mol. The number of carbonyl (C=O) groups is 1. The lowest BCUT2D eigenvalue weighted by Crippen LogP contribution is -2.48. The lowest BCUT2D eigenvalue weighted by Gasteiger charge is -2.34. The van der Waals surface area contributed by atoms with Crippen molar-refractivity contribution >= 4 is 5.91 Å². The molecule has 2 heterocycles. The summed E-state index contributed by atoms with van der Waals surface area (Å²) in [6.45, 7) is 6.29. The van der Waals surface area contributed by atoms with Crippen LogP contribution in [-0.2, 0) is 13.6 Å². The van der Waals surface area contributed by atoms with E-state index in [9.17, 15) is 4.79 Å². The molecule has 1 aromatic heterocycles. The zero-order chi connectivity index (χ0) is 17.1. The van der Waals surface area contributed by atoms with Crippen LogP contribution in [0.15, 0.2) is 36.4 Å². The SMILES string of the molecule is COc1ccc(CN2CCN(C(=O)c3ccc(C)n3C)CC2)cc1. The average Bonchev–Trinajstić information content (AvgIpc) is 2.95. The van der Waals surface area contributed by atoms with Crippen LogP contribution in [0.1, 0.15) is 21.7 Å². The summed E-state index contributed by atoms with van der Waals surface area (Å²) < 4.78 is 7.16. The third kappa shape index (κ3) is 3.46. The van der Waals surface area contributed by atoms with E-state index >= 15 is 0 Å². The average molecular weight is 327 g/mol. The van der Waals surface area contributed by atoms with Gasteiger partial charge < -0.3 is 14.2 Å². The third-order valence-electron chi connectivity index (χ3n) is 4.82. The van der Waals surface area contributed by atoms with Gasteiger partial charge in [-0.3, -0.25) is 9.69 Å². The van der Waals surface area contributed by atoms with Crippen LogP contribution in [0.2, 0.25) is 0 Å². The van der Waals surface area contributed by atoms with Gasteiger partial charge in [0.05, 0.1) is 7.11 Å². The first-order valence-electron chi connectivity index (χ1n) is 8.35. The number of piperazine rings is 1. The molecule has 0 aliphatic carbocycles. The van der Waals surface area contributed by atoms with Crippen molar-refractivity contribution in [2.75, 3.05) is 33.3 Å². The van der Waals surface area contributed by atoms with E-state index in [0.717, 1.165) is 49.9 Å². The van der Waals surface area contributed by atoms with E-state index in [1.54, 1.807) is 7.11 Å². The fourth-order valence-corrected chi connectivity index (χ4v) is 3.09. The first-order valence-corrected chi connectivity index (χ1v) is 8.35. The summed E-state index contributed by atoms with van der Waals surface area (Å²) in [5.74, 6) is 1.02. The maximum atomic E-state index is 12.6. The summed E-state index contributed by atoms with van der Waals surface area (Å²) in [5, 5.41) is 0. The number of rotatable bonds is 4. The Morgan fingerprint density at radius 3 is 2.25 bits per heavy atom. The molecule has 1 amide bonds. The number of methoxy groups -OCH3 is 1. The van der Waals surface area contributed by atoms with Crippen LogP contribution in [0.3, 0.4) is 0 Å². The molecule has 1 aromatic carbocycles. The van der Waals surface area contributed by atoms with Crippen molar-refractivity contribution < 1.29 is 9.53 Å². The van der Waals surface area contributed by atoms with E-state index in [1.165, 1.54) is 5.56 Å². The zero-order valence-corrected chi connectivity index (χ0v) is 14.7. The maximum absolute atomic E-state index is 12.6. The van der Waals surface area contributed by atoms with Crippen molar-refractivity contribution in [2.24, 2.45) is 7.05 Å². The van der Waals surface area contributed by atoms with Gasteiger partial charge in [0.2, 0.25) is 0 Å². The molecule has 0 atom stereocenters. The Morgan fingerprint density at radius 2 is 1.71 bits per heavy atom. The van der Waals surface area contributed by atoms with Gasteiger partial charge in [0, 0.05) is 45.5 Å². The van der Waals surface area contributed by atoms with Crippen molar-refractivity contribution in [3.63, 3.8) is 0 Å². The Morgan fingerprint density at radius 1 is 1.04 bits per heavy atom. The van der Waals surface area contributed by atoms with Gasteiger partial charge in [0.15, 0.2) is 0 Å². The molecule has 1 aliphatic heterocycles. The lowest BCUT2D eigenvalue weighted by molar-refractivity contribution is 0.0619. The molecule has 0 saturated carbocycles.